The van der Waals surface area contributed by atoms with Crippen molar-refractivity contribution in [3.63, 3.8) is 0 Å². The lowest BCUT2D eigenvalue weighted by molar-refractivity contribution is -0.384. The smallest absolute Gasteiger partial charge is 0.340 e. The van der Waals surface area contributed by atoms with Gasteiger partial charge in [0.15, 0.2) is 0 Å². The lowest BCUT2D eigenvalue weighted by Gasteiger charge is -2.10. The molecule has 156 valence electrons. The zero-order chi connectivity index (χ0) is 22.0. The molecule has 0 unspecified atom stereocenters. The zero-order valence-corrected chi connectivity index (χ0v) is 17.3. The van der Waals surface area contributed by atoms with E-state index in [1.807, 2.05) is 30.3 Å². The van der Waals surface area contributed by atoms with E-state index in [9.17, 15) is 18.5 Å². The molecule has 1 aromatic heterocycles. The maximum Gasteiger partial charge on any atom is 0.340 e. The number of hydrogen-bond acceptors (Lipinski definition) is 6. The quantitative estimate of drug-likeness (QED) is 0.233. The van der Waals surface area contributed by atoms with Crippen LogP contribution >= 0.6 is 11.6 Å². The molecular weight excluding hydrogens is 442 g/mol. The lowest BCUT2D eigenvalue weighted by Crippen LogP contribution is -2.13. The Morgan fingerprint density at radius 1 is 0.935 bits per heavy atom. The molecule has 4 aromatic rings. The summed E-state index contributed by atoms with van der Waals surface area (Å²) >= 11 is 6.29. The number of aromatic nitrogens is 2. The average molecular weight is 456 g/mol. The highest BCUT2D eigenvalue weighted by atomic mass is 35.5. The van der Waals surface area contributed by atoms with Crippen molar-refractivity contribution in [3.8, 4) is 22.8 Å². The number of nitro groups is 1. The van der Waals surface area contributed by atoms with E-state index in [1.165, 1.54) is 10.7 Å². The number of nitrogens with zero attached hydrogens (tertiary/aromatic N) is 3. The molecule has 0 saturated carbocycles. The summed E-state index contributed by atoms with van der Waals surface area (Å²) in [6.07, 6.45) is 0. The van der Waals surface area contributed by atoms with Gasteiger partial charge in [-0.05, 0) is 24.3 Å². The summed E-state index contributed by atoms with van der Waals surface area (Å²) in [5, 5.41) is 15.7. The Morgan fingerprint density at radius 2 is 1.58 bits per heavy atom. The third-order valence-corrected chi connectivity index (χ3v) is 5.92. The van der Waals surface area contributed by atoms with Gasteiger partial charge in [0.05, 0.1) is 21.3 Å². The third-order valence-electron chi connectivity index (χ3n) is 4.36. The molecule has 8 nitrogen and oxygen atoms in total. The van der Waals surface area contributed by atoms with Crippen LogP contribution in [-0.2, 0) is 10.1 Å². The number of hydrogen-bond donors (Lipinski definition) is 0. The van der Waals surface area contributed by atoms with E-state index in [0.29, 0.717) is 16.4 Å². The van der Waals surface area contributed by atoms with Gasteiger partial charge < -0.3 is 4.18 Å². The minimum atomic E-state index is -4.29. The molecule has 10 heteroatoms. The molecule has 1 heterocycles. The molecule has 0 amide bonds. The number of nitro benzene ring substituents is 1. The maximum absolute atomic E-state index is 12.8. The fourth-order valence-electron chi connectivity index (χ4n) is 2.86. The van der Waals surface area contributed by atoms with Crippen LogP contribution in [0.3, 0.4) is 0 Å². The van der Waals surface area contributed by atoms with Gasteiger partial charge in [-0.15, -0.1) is 0 Å². The SMILES string of the molecule is O=[N+]([O-])c1ccc(S(=O)(=O)Oc2cc(-c3ccccc3)nn2-c2ccccc2Cl)cc1. The molecule has 4 rings (SSSR count). The molecule has 0 saturated heterocycles. The molecule has 0 radical (unpaired) electrons. The van der Waals surface area contributed by atoms with Gasteiger partial charge in [-0.3, -0.25) is 10.1 Å². The summed E-state index contributed by atoms with van der Waals surface area (Å²) < 4.78 is 32.3. The molecule has 0 N–H and O–H groups in total. The van der Waals surface area contributed by atoms with Gasteiger partial charge in [0, 0.05) is 23.8 Å². The number of para-hydroxylation sites is 1. The topological polar surface area (TPSA) is 104 Å². The highest BCUT2D eigenvalue weighted by Gasteiger charge is 2.23. The first-order valence-corrected chi connectivity index (χ1v) is 10.7. The Morgan fingerprint density at radius 3 is 2.23 bits per heavy atom. The van der Waals surface area contributed by atoms with Crippen LogP contribution in [0.1, 0.15) is 0 Å². The van der Waals surface area contributed by atoms with E-state index in [1.54, 1.807) is 24.3 Å². The van der Waals surface area contributed by atoms with Crippen molar-refractivity contribution >= 4 is 27.4 Å². The van der Waals surface area contributed by atoms with E-state index in [-0.39, 0.29) is 16.5 Å². The van der Waals surface area contributed by atoms with E-state index in [0.717, 1.165) is 29.8 Å². The highest BCUT2D eigenvalue weighted by Crippen LogP contribution is 2.31. The first-order chi connectivity index (χ1) is 14.8. The third kappa shape index (κ3) is 4.27. The Bertz CT molecular complexity index is 1350. The van der Waals surface area contributed by atoms with Gasteiger partial charge in [-0.25, -0.2) is 0 Å². The average Bonchev–Trinajstić information content (AvgIpc) is 3.17. The van der Waals surface area contributed by atoms with Crippen LogP contribution < -0.4 is 4.18 Å². The molecular formula is C21H14ClN3O5S. The molecule has 0 aliphatic heterocycles. The predicted octanol–water partition coefficient (Wildman–Crippen LogP) is 4.87. The minimum absolute atomic E-state index is 0.0784. The van der Waals surface area contributed by atoms with Crippen molar-refractivity contribution in [2.75, 3.05) is 0 Å². The molecule has 0 spiro atoms. The molecule has 0 aliphatic carbocycles. The number of halogens is 1. The van der Waals surface area contributed by atoms with Gasteiger partial charge in [0.1, 0.15) is 4.90 Å². The van der Waals surface area contributed by atoms with Crippen LogP contribution in [0.25, 0.3) is 16.9 Å². The largest absolute Gasteiger partial charge is 0.358 e. The summed E-state index contributed by atoms with van der Waals surface area (Å²) in [6, 6.07) is 21.9. The standard InChI is InChI=1S/C21H14ClN3O5S/c22-18-8-4-5-9-20(18)24-21(14-19(23-24)15-6-2-1-3-7-15)30-31(28,29)17-12-10-16(11-13-17)25(26)27/h1-14H. The Labute approximate surface area is 182 Å². The predicted molar refractivity (Wildman–Crippen MR) is 115 cm³/mol. The molecule has 0 atom stereocenters. The van der Waals surface area contributed by atoms with Crippen molar-refractivity contribution in [2.45, 2.75) is 4.90 Å². The minimum Gasteiger partial charge on any atom is -0.358 e. The Kier molecular flexibility index (Phi) is 5.45. The molecule has 0 aliphatic rings. The van der Waals surface area contributed by atoms with E-state index in [2.05, 4.69) is 5.10 Å². The Balaban J connectivity index is 1.78. The van der Waals surface area contributed by atoms with Crippen molar-refractivity contribution in [1.82, 2.24) is 9.78 Å². The van der Waals surface area contributed by atoms with E-state index in [4.69, 9.17) is 15.8 Å². The number of rotatable bonds is 6. The second-order valence-corrected chi connectivity index (χ2v) is 8.34. The van der Waals surface area contributed by atoms with Gasteiger partial charge in [-0.1, -0.05) is 54.1 Å². The van der Waals surface area contributed by atoms with Crippen molar-refractivity contribution in [2.24, 2.45) is 0 Å². The number of non-ortho nitro benzene ring substituents is 1. The summed E-state index contributed by atoms with van der Waals surface area (Å²) in [7, 11) is -4.29. The summed E-state index contributed by atoms with van der Waals surface area (Å²) in [5.41, 5.74) is 1.44. The van der Waals surface area contributed by atoms with E-state index < -0.39 is 15.0 Å². The van der Waals surface area contributed by atoms with Gasteiger partial charge in [-0.2, -0.15) is 18.2 Å². The molecule has 31 heavy (non-hydrogen) atoms. The van der Waals surface area contributed by atoms with Crippen molar-refractivity contribution in [3.05, 3.63) is 100 Å². The Hall–Kier alpha value is -3.69. The highest BCUT2D eigenvalue weighted by molar-refractivity contribution is 7.87. The van der Waals surface area contributed by atoms with Crippen molar-refractivity contribution in [1.29, 1.82) is 0 Å². The van der Waals surface area contributed by atoms with Crippen LogP contribution in [0.2, 0.25) is 5.02 Å². The summed E-state index contributed by atoms with van der Waals surface area (Å²) in [5.74, 6) is -0.0784. The van der Waals surface area contributed by atoms with Gasteiger partial charge in [0.2, 0.25) is 5.88 Å². The van der Waals surface area contributed by atoms with Gasteiger partial charge in [0.25, 0.3) is 5.69 Å². The lowest BCUT2D eigenvalue weighted by atomic mass is 10.2. The fraction of sp³-hybridized carbons (Fsp3) is 0. The zero-order valence-electron chi connectivity index (χ0n) is 15.8. The van der Waals surface area contributed by atoms with Gasteiger partial charge >= 0.3 is 10.1 Å². The molecule has 0 bridgehead atoms. The van der Waals surface area contributed by atoms with Crippen LogP contribution in [0.4, 0.5) is 5.69 Å². The number of benzene rings is 3. The molecule has 0 fully saturated rings. The van der Waals surface area contributed by atoms with Crippen LogP contribution in [0, 0.1) is 10.1 Å². The van der Waals surface area contributed by atoms with Crippen molar-refractivity contribution < 1.29 is 17.5 Å². The van der Waals surface area contributed by atoms with E-state index >= 15 is 0 Å². The van der Waals surface area contributed by atoms with Crippen LogP contribution in [-0.4, -0.2) is 23.1 Å². The van der Waals surface area contributed by atoms with Crippen LogP contribution in [0.15, 0.2) is 89.8 Å². The molecule has 3 aromatic carbocycles. The second kappa shape index (κ2) is 8.21. The monoisotopic (exact) mass is 455 g/mol. The summed E-state index contributed by atoms with van der Waals surface area (Å²) in [6.45, 7) is 0. The normalized spacial score (nSPS) is 11.3. The second-order valence-electron chi connectivity index (χ2n) is 6.39. The van der Waals surface area contributed by atoms with Crippen LogP contribution in [0.5, 0.6) is 5.88 Å². The fourth-order valence-corrected chi connectivity index (χ4v) is 3.99. The maximum atomic E-state index is 12.8. The first-order valence-electron chi connectivity index (χ1n) is 8.94. The first kappa shape index (κ1) is 20.6. The summed E-state index contributed by atoms with van der Waals surface area (Å²) in [4.78, 5) is 9.98.